The van der Waals surface area contributed by atoms with E-state index in [4.69, 9.17) is 21.6 Å². The molecule has 0 aliphatic rings. The SMILES string of the molecule is Cc1cc(/C(C=N)=C(/N)c2cccc(OCc3cccc(CN)c3)c2)cc(C)n1. The number of aryl methyl sites for hydroxylation is 2. The normalized spacial score (nSPS) is 11.7. The smallest absolute Gasteiger partial charge is 0.120 e. The maximum atomic E-state index is 7.88. The van der Waals surface area contributed by atoms with Crippen molar-refractivity contribution in [2.45, 2.75) is 27.0 Å². The van der Waals surface area contributed by atoms with E-state index in [1.807, 2.05) is 74.5 Å². The van der Waals surface area contributed by atoms with Crippen LogP contribution in [0.5, 0.6) is 5.75 Å². The lowest BCUT2D eigenvalue weighted by Crippen LogP contribution is -2.04. The van der Waals surface area contributed by atoms with Crippen molar-refractivity contribution < 1.29 is 4.74 Å². The largest absolute Gasteiger partial charge is 0.489 e. The summed E-state index contributed by atoms with van der Waals surface area (Å²) in [7, 11) is 0. The first-order chi connectivity index (χ1) is 14.0. The Balaban J connectivity index is 1.86. The van der Waals surface area contributed by atoms with Crippen molar-refractivity contribution in [3.63, 3.8) is 0 Å². The van der Waals surface area contributed by atoms with Crippen molar-refractivity contribution in [2.24, 2.45) is 11.5 Å². The summed E-state index contributed by atoms with van der Waals surface area (Å²) in [5.74, 6) is 0.718. The molecule has 0 atom stereocenters. The van der Waals surface area contributed by atoms with Gasteiger partial charge in [0.05, 0.1) is 0 Å². The van der Waals surface area contributed by atoms with Gasteiger partial charge in [-0.25, -0.2) is 0 Å². The molecule has 0 spiro atoms. The highest BCUT2D eigenvalue weighted by atomic mass is 16.5. The van der Waals surface area contributed by atoms with E-state index >= 15 is 0 Å². The second-order valence-electron chi connectivity index (χ2n) is 6.95. The molecule has 0 unspecified atom stereocenters. The summed E-state index contributed by atoms with van der Waals surface area (Å²) in [6.45, 7) is 4.82. The predicted octanol–water partition coefficient (Wildman–Crippen LogP) is 4.21. The lowest BCUT2D eigenvalue weighted by Gasteiger charge is -2.12. The molecular weight excluding hydrogens is 360 g/mol. The van der Waals surface area contributed by atoms with Crippen molar-refractivity contribution in [1.29, 1.82) is 5.41 Å². The Morgan fingerprint density at radius 2 is 1.66 bits per heavy atom. The number of ether oxygens (including phenoxy) is 1. The lowest BCUT2D eigenvalue weighted by molar-refractivity contribution is 0.306. The number of nitrogens with zero attached hydrogens (tertiary/aromatic N) is 1. The van der Waals surface area contributed by atoms with Gasteiger partial charge >= 0.3 is 0 Å². The van der Waals surface area contributed by atoms with E-state index in [2.05, 4.69) is 4.98 Å². The molecule has 0 aliphatic heterocycles. The summed E-state index contributed by atoms with van der Waals surface area (Å²) in [5.41, 5.74) is 18.9. The summed E-state index contributed by atoms with van der Waals surface area (Å²) < 4.78 is 5.95. The molecule has 5 heteroatoms. The molecule has 3 rings (SSSR count). The molecule has 0 fully saturated rings. The van der Waals surface area contributed by atoms with Crippen LogP contribution in [-0.4, -0.2) is 11.2 Å². The molecule has 3 aromatic rings. The minimum absolute atomic E-state index is 0.446. The Bertz CT molecular complexity index is 1040. The Morgan fingerprint density at radius 1 is 0.966 bits per heavy atom. The van der Waals surface area contributed by atoms with Crippen LogP contribution in [0.4, 0.5) is 0 Å². The third kappa shape index (κ3) is 5.09. The van der Waals surface area contributed by atoms with Gasteiger partial charge in [-0.05, 0) is 54.8 Å². The molecule has 0 saturated heterocycles. The summed E-state index contributed by atoms with van der Waals surface area (Å²) in [6.07, 6.45) is 1.29. The van der Waals surface area contributed by atoms with Crippen molar-refractivity contribution in [2.75, 3.05) is 0 Å². The Morgan fingerprint density at radius 3 is 2.34 bits per heavy atom. The number of aromatic nitrogens is 1. The van der Waals surface area contributed by atoms with Gasteiger partial charge in [0.15, 0.2) is 0 Å². The van der Waals surface area contributed by atoms with E-state index < -0.39 is 0 Å². The number of hydrogen-bond donors (Lipinski definition) is 3. The molecule has 0 bridgehead atoms. The molecule has 0 amide bonds. The number of pyridine rings is 1. The Labute approximate surface area is 171 Å². The van der Waals surface area contributed by atoms with Gasteiger partial charge in [0.2, 0.25) is 0 Å². The number of nitrogens with two attached hydrogens (primary N) is 2. The fourth-order valence-corrected chi connectivity index (χ4v) is 3.23. The molecule has 5 nitrogen and oxygen atoms in total. The van der Waals surface area contributed by atoms with Crippen LogP contribution in [0.1, 0.15) is 33.6 Å². The van der Waals surface area contributed by atoms with Crippen LogP contribution in [0.15, 0.2) is 60.7 Å². The lowest BCUT2D eigenvalue weighted by atomic mass is 10.00. The number of hydrogen-bond acceptors (Lipinski definition) is 5. The average molecular weight is 386 g/mol. The van der Waals surface area contributed by atoms with Gasteiger partial charge < -0.3 is 21.6 Å². The second-order valence-corrected chi connectivity index (χ2v) is 6.95. The maximum Gasteiger partial charge on any atom is 0.120 e. The molecular formula is C24H26N4O. The monoisotopic (exact) mass is 386 g/mol. The third-order valence-electron chi connectivity index (χ3n) is 4.60. The van der Waals surface area contributed by atoms with E-state index in [0.29, 0.717) is 24.4 Å². The van der Waals surface area contributed by atoms with Gasteiger partial charge in [0.25, 0.3) is 0 Å². The van der Waals surface area contributed by atoms with Crippen molar-refractivity contribution >= 4 is 17.5 Å². The van der Waals surface area contributed by atoms with Gasteiger partial charge in [-0.3, -0.25) is 4.98 Å². The summed E-state index contributed by atoms with van der Waals surface area (Å²) in [6, 6.07) is 19.5. The first-order valence-electron chi connectivity index (χ1n) is 9.47. The van der Waals surface area contributed by atoms with Crippen LogP contribution in [0, 0.1) is 19.3 Å². The molecule has 0 radical (unpaired) electrons. The predicted molar refractivity (Wildman–Crippen MR) is 119 cm³/mol. The number of benzene rings is 2. The van der Waals surface area contributed by atoms with E-state index in [-0.39, 0.29) is 0 Å². The van der Waals surface area contributed by atoms with E-state index in [9.17, 15) is 0 Å². The van der Waals surface area contributed by atoms with Crippen LogP contribution >= 0.6 is 0 Å². The molecule has 1 aromatic heterocycles. The third-order valence-corrected chi connectivity index (χ3v) is 4.60. The highest BCUT2D eigenvalue weighted by molar-refractivity contribution is 6.17. The minimum atomic E-state index is 0.446. The van der Waals surface area contributed by atoms with Crippen LogP contribution in [0.2, 0.25) is 0 Å². The highest BCUT2D eigenvalue weighted by Gasteiger charge is 2.09. The van der Waals surface area contributed by atoms with Crippen LogP contribution in [0.3, 0.4) is 0 Å². The van der Waals surface area contributed by atoms with Crippen LogP contribution in [0.25, 0.3) is 11.3 Å². The van der Waals surface area contributed by atoms with Gasteiger partial charge in [0.1, 0.15) is 12.4 Å². The van der Waals surface area contributed by atoms with Gasteiger partial charge in [-0.2, -0.15) is 0 Å². The molecule has 148 valence electrons. The number of nitrogens with one attached hydrogen (secondary N) is 1. The first kappa shape index (κ1) is 20.3. The maximum absolute atomic E-state index is 7.88. The van der Waals surface area contributed by atoms with Crippen LogP contribution < -0.4 is 16.2 Å². The molecule has 2 aromatic carbocycles. The average Bonchev–Trinajstić information content (AvgIpc) is 2.72. The highest BCUT2D eigenvalue weighted by Crippen LogP contribution is 2.25. The summed E-state index contributed by atoms with van der Waals surface area (Å²) >= 11 is 0. The quantitative estimate of drug-likeness (QED) is 0.530. The topological polar surface area (TPSA) is 98.0 Å². The van der Waals surface area contributed by atoms with E-state index in [1.54, 1.807) is 0 Å². The fraction of sp³-hybridized carbons (Fsp3) is 0.167. The first-order valence-corrected chi connectivity index (χ1v) is 9.47. The van der Waals surface area contributed by atoms with E-state index in [0.717, 1.165) is 39.4 Å². The molecule has 29 heavy (non-hydrogen) atoms. The molecule has 1 heterocycles. The van der Waals surface area contributed by atoms with Crippen molar-refractivity contribution in [3.05, 3.63) is 94.3 Å². The molecule has 5 N–H and O–H groups in total. The Hall–Kier alpha value is -3.44. The summed E-state index contributed by atoms with van der Waals surface area (Å²) in [5, 5.41) is 7.88. The number of rotatable bonds is 7. The Kier molecular flexibility index (Phi) is 6.42. The zero-order chi connectivity index (χ0) is 20.8. The molecule has 0 saturated carbocycles. The zero-order valence-corrected chi connectivity index (χ0v) is 16.8. The molecule has 0 aliphatic carbocycles. The van der Waals surface area contributed by atoms with Gasteiger partial charge in [-0.1, -0.05) is 36.4 Å². The number of allylic oxidation sites excluding steroid dienone is 1. The summed E-state index contributed by atoms with van der Waals surface area (Å²) in [4.78, 5) is 4.40. The zero-order valence-electron chi connectivity index (χ0n) is 16.8. The van der Waals surface area contributed by atoms with Crippen molar-refractivity contribution in [1.82, 2.24) is 4.98 Å². The second kappa shape index (κ2) is 9.17. The van der Waals surface area contributed by atoms with Gasteiger partial charge in [0, 0.05) is 41.0 Å². The van der Waals surface area contributed by atoms with Crippen molar-refractivity contribution in [3.8, 4) is 5.75 Å². The standard InChI is InChI=1S/C24H26N4O/c1-16-9-21(10-17(2)28-16)23(14-26)24(27)20-7-4-8-22(12-20)29-15-19-6-3-5-18(11-19)13-25/h3-12,14,26H,13,15,25,27H2,1-2H3/b24-23+,26-14?. The van der Waals surface area contributed by atoms with Crippen LogP contribution in [-0.2, 0) is 13.2 Å². The fourth-order valence-electron chi connectivity index (χ4n) is 3.23. The van der Waals surface area contributed by atoms with E-state index in [1.165, 1.54) is 6.21 Å². The minimum Gasteiger partial charge on any atom is -0.489 e. The van der Waals surface area contributed by atoms with Gasteiger partial charge in [-0.15, -0.1) is 0 Å².